The topological polar surface area (TPSA) is 66.4 Å². The van der Waals surface area contributed by atoms with Crippen LogP contribution in [0.25, 0.3) is 0 Å². The second-order valence-electron chi connectivity index (χ2n) is 4.60. The van der Waals surface area contributed by atoms with Gasteiger partial charge < -0.3 is 4.90 Å². The molecule has 1 fully saturated rings. The summed E-state index contributed by atoms with van der Waals surface area (Å²) in [5.41, 5.74) is 0. The lowest BCUT2D eigenvalue weighted by atomic mass is 10.3. The molecule has 0 atom stereocenters. The van der Waals surface area contributed by atoms with Gasteiger partial charge in [0.05, 0.1) is 17.3 Å². The lowest BCUT2D eigenvalue weighted by Gasteiger charge is -2.32. The van der Waals surface area contributed by atoms with Gasteiger partial charge in [-0.3, -0.25) is 14.5 Å². The molecule has 3 heterocycles. The maximum absolute atomic E-state index is 12.8. The van der Waals surface area contributed by atoms with Crippen molar-refractivity contribution in [2.24, 2.45) is 0 Å². The molecule has 2 amide bonds. The van der Waals surface area contributed by atoms with Crippen molar-refractivity contribution < 1.29 is 14.0 Å². The van der Waals surface area contributed by atoms with E-state index >= 15 is 0 Å². The summed E-state index contributed by atoms with van der Waals surface area (Å²) in [6.07, 6.45) is 2.02. The predicted octanol–water partition coefficient (Wildman–Crippen LogP) is 1.93. The Morgan fingerprint density at radius 3 is 2.64 bits per heavy atom. The minimum atomic E-state index is -0.562. The summed E-state index contributed by atoms with van der Waals surface area (Å²) >= 11 is 4.62. The zero-order valence-corrected chi connectivity index (χ0v) is 13.6. The van der Waals surface area contributed by atoms with Crippen molar-refractivity contribution in [3.05, 3.63) is 39.0 Å². The van der Waals surface area contributed by atoms with E-state index in [4.69, 9.17) is 0 Å². The first-order valence-electron chi connectivity index (χ1n) is 6.36. The summed E-state index contributed by atoms with van der Waals surface area (Å²) in [6.45, 7) is 0.610. The Bertz CT molecular complexity index is 721. The first-order chi connectivity index (χ1) is 10.5. The van der Waals surface area contributed by atoms with Crippen molar-refractivity contribution >= 4 is 45.0 Å². The Hall–Kier alpha value is -1.87. The van der Waals surface area contributed by atoms with Gasteiger partial charge in [0.15, 0.2) is 5.82 Å². The molecule has 0 N–H and O–H groups in total. The molecule has 0 radical (unpaired) electrons. The maximum Gasteiger partial charge on any atom is 0.264 e. The largest absolute Gasteiger partial charge is 0.327 e. The van der Waals surface area contributed by atoms with Gasteiger partial charge >= 0.3 is 0 Å². The molecule has 6 nitrogen and oxygen atoms in total. The Labute approximate surface area is 137 Å². The standard InChI is InChI=1S/C13H10BrFN4O2S/c14-8-3-10(22-7-8)12(21)18-1-2-19(11(20)6-18)13-16-4-9(15)5-17-13/h3-5,7H,1-2,6H2. The zero-order chi connectivity index (χ0) is 15.7. The maximum atomic E-state index is 12.8. The van der Waals surface area contributed by atoms with Gasteiger partial charge in [-0.15, -0.1) is 11.3 Å². The third kappa shape index (κ3) is 3.00. The van der Waals surface area contributed by atoms with E-state index in [1.165, 1.54) is 21.1 Å². The van der Waals surface area contributed by atoms with Crippen LogP contribution in [-0.2, 0) is 4.79 Å². The quantitative estimate of drug-likeness (QED) is 0.793. The van der Waals surface area contributed by atoms with Gasteiger partial charge in [-0.25, -0.2) is 14.4 Å². The summed E-state index contributed by atoms with van der Waals surface area (Å²) in [7, 11) is 0. The Balaban J connectivity index is 1.71. The molecule has 0 unspecified atom stereocenters. The van der Waals surface area contributed by atoms with E-state index in [0.29, 0.717) is 11.4 Å². The number of hydrogen-bond acceptors (Lipinski definition) is 5. The van der Waals surface area contributed by atoms with Crippen LogP contribution in [0, 0.1) is 5.82 Å². The lowest BCUT2D eigenvalue weighted by Crippen LogP contribution is -2.52. The van der Waals surface area contributed by atoms with Crippen LogP contribution in [0.4, 0.5) is 10.3 Å². The van der Waals surface area contributed by atoms with E-state index in [1.807, 2.05) is 5.38 Å². The first kappa shape index (κ1) is 15.0. The fraction of sp³-hybridized carbons (Fsp3) is 0.231. The van der Waals surface area contributed by atoms with Crippen LogP contribution in [0.3, 0.4) is 0 Å². The number of thiophene rings is 1. The van der Waals surface area contributed by atoms with Gasteiger partial charge in [-0.1, -0.05) is 0 Å². The van der Waals surface area contributed by atoms with E-state index in [0.717, 1.165) is 16.9 Å². The van der Waals surface area contributed by atoms with Crippen molar-refractivity contribution in [1.29, 1.82) is 0 Å². The average Bonchev–Trinajstić information content (AvgIpc) is 2.94. The minimum absolute atomic E-state index is 0.0465. The monoisotopic (exact) mass is 384 g/mol. The normalized spacial score (nSPS) is 15.3. The molecule has 9 heteroatoms. The van der Waals surface area contributed by atoms with Crippen molar-refractivity contribution in [3.8, 4) is 0 Å². The SMILES string of the molecule is O=C(c1cc(Br)cs1)N1CCN(c2ncc(F)cn2)C(=O)C1. The minimum Gasteiger partial charge on any atom is -0.327 e. The van der Waals surface area contributed by atoms with Gasteiger partial charge in [-0.2, -0.15) is 0 Å². The third-order valence-electron chi connectivity index (χ3n) is 3.13. The van der Waals surface area contributed by atoms with Crippen LogP contribution in [0.15, 0.2) is 28.3 Å². The van der Waals surface area contributed by atoms with Crippen molar-refractivity contribution in [3.63, 3.8) is 0 Å². The van der Waals surface area contributed by atoms with E-state index < -0.39 is 5.82 Å². The summed E-state index contributed by atoms with van der Waals surface area (Å²) in [5.74, 6) is -0.879. The highest BCUT2D eigenvalue weighted by Crippen LogP contribution is 2.22. The van der Waals surface area contributed by atoms with Crippen LogP contribution in [-0.4, -0.2) is 46.3 Å². The van der Waals surface area contributed by atoms with E-state index in [-0.39, 0.29) is 30.9 Å². The molecule has 1 aliphatic heterocycles. The molecule has 0 spiro atoms. The second-order valence-corrected chi connectivity index (χ2v) is 6.43. The summed E-state index contributed by atoms with van der Waals surface area (Å²) in [6, 6.07) is 1.73. The lowest BCUT2D eigenvalue weighted by molar-refractivity contribution is -0.120. The number of anilines is 1. The van der Waals surface area contributed by atoms with E-state index in [2.05, 4.69) is 25.9 Å². The van der Waals surface area contributed by atoms with Gasteiger partial charge in [0, 0.05) is 22.9 Å². The highest BCUT2D eigenvalue weighted by molar-refractivity contribution is 9.10. The summed E-state index contributed by atoms with van der Waals surface area (Å²) in [4.78, 5) is 35.5. The van der Waals surface area contributed by atoms with Gasteiger partial charge in [0.25, 0.3) is 5.91 Å². The highest BCUT2D eigenvalue weighted by Gasteiger charge is 2.30. The van der Waals surface area contributed by atoms with Gasteiger partial charge in [0.2, 0.25) is 11.9 Å². The molecular formula is C13H10BrFN4O2S. The predicted molar refractivity (Wildman–Crippen MR) is 82.3 cm³/mol. The number of piperazine rings is 1. The van der Waals surface area contributed by atoms with Crippen LogP contribution >= 0.6 is 27.3 Å². The van der Waals surface area contributed by atoms with Crippen LogP contribution < -0.4 is 4.90 Å². The highest BCUT2D eigenvalue weighted by atomic mass is 79.9. The molecule has 2 aromatic rings. The van der Waals surface area contributed by atoms with Crippen molar-refractivity contribution in [1.82, 2.24) is 14.9 Å². The molecule has 0 saturated carbocycles. The number of nitrogens with zero attached hydrogens (tertiary/aromatic N) is 4. The molecule has 2 aromatic heterocycles. The van der Waals surface area contributed by atoms with Gasteiger partial charge in [-0.05, 0) is 22.0 Å². The van der Waals surface area contributed by atoms with Crippen LogP contribution in [0.5, 0.6) is 0 Å². The molecule has 1 saturated heterocycles. The number of rotatable bonds is 2. The van der Waals surface area contributed by atoms with Gasteiger partial charge in [0.1, 0.15) is 6.54 Å². The van der Waals surface area contributed by atoms with Crippen molar-refractivity contribution in [2.45, 2.75) is 0 Å². The molecule has 0 bridgehead atoms. The van der Waals surface area contributed by atoms with Crippen LogP contribution in [0.1, 0.15) is 9.67 Å². The average molecular weight is 385 g/mol. The molecule has 1 aliphatic rings. The Kier molecular flexibility index (Phi) is 4.16. The fourth-order valence-electron chi connectivity index (χ4n) is 2.08. The smallest absolute Gasteiger partial charge is 0.264 e. The number of carbonyl (C=O) groups excluding carboxylic acids is 2. The van der Waals surface area contributed by atoms with E-state index in [1.54, 1.807) is 6.07 Å². The summed E-state index contributed by atoms with van der Waals surface area (Å²) in [5, 5.41) is 1.82. The molecule has 114 valence electrons. The number of amides is 2. The Morgan fingerprint density at radius 1 is 1.32 bits per heavy atom. The van der Waals surface area contributed by atoms with Crippen LogP contribution in [0.2, 0.25) is 0 Å². The molecule has 0 aliphatic carbocycles. The molecule has 22 heavy (non-hydrogen) atoms. The number of carbonyl (C=O) groups is 2. The fourth-order valence-corrected chi connectivity index (χ4v) is 3.48. The second kappa shape index (κ2) is 6.09. The Morgan fingerprint density at radius 2 is 2.05 bits per heavy atom. The third-order valence-corrected chi connectivity index (χ3v) is 4.81. The van der Waals surface area contributed by atoms with Crippen molar-refractivity contribution in [2.75, 3.05) is 24.5 Å². The molecule has 0 aromatic carbocycles. The van der Waals surface area contributed by atoms with E-state index in [9.17, 15) is 14.0 Å². The summed E-state index contributed by atoms with van der Waals surface area (Å²) < 4.78 is 13.7. The zero-order valence-electron chi connectivity index (χ0n) is 11.2. The number of aromatic nitrogens is 2. The molecule has 3 rings (SSSR count). The number of hydrogen-bond donors (Lipinski definition) is 0. The molecular weight excluding hydrogens is 375 g/mol. The first-order valence-corrected chi connectivity index (χ1v) is 8.03. The number of halogens is 2.